The number of nitrogens with two attached hydrogens (primary N) is 1. The van der Waals surface area contributed by atoms with Crippen molar-refractivity contribution in [3.63, 3.8) is 0 Å². The summed E-state index contributed by atoms with van der Waals surface area (Å²) < 4.78 is 0. The number of hydrogen-bond acceptors (Lipinski definition) is 5. The molecule has 14 heavy (non-hydrogen) atoms. The molecule has 1 aromatic rings. The zero-order valence-corrected chi connectivity index (χ0v) is 8.83. The zero-order chi connectivity index (χ0) is 10.6. The molecule has 0 aliphatic heterocycles. The van der Waals surface area contributed by atoms with Crippen LogP contribution in [0.3, 0.4) is 0 Å². The Kier molecular flexibility index (Phi) is 3.64. The van der Waals surface area contributed by atoms with Crippen molar-refractivity contribution in [2.45, 2.75) is 20.8 Å². The standard InChI is InChI=1S/C9H17N5/c1-6(2)5-11-8-4-7(3)12-9(13-8)14-10/h4,6H,5,10H2,1-3H3,(H2,11,12,13,14). The van der Waals surface area contributed by atoms with Gasteiger partial charge in [-0.1, -0.05) is 13.8 Å². The van der Waals surface area contributed by atoms with Crippen molar-refractivity contribution in [2.24, 2.45) is 11.8 Å². The maximum atomic E-state index is 5.24. The first-order valence-corrected chi connectivity index (χ1v) is 4.68. The van der Waals surface area contributed by atoms with Crippen LogP contribution in [0.1, 0.15) is 19.5 Å². The number of hydrogen-bond donors (Lipinski definition) is 3. The monoisotopic (exact) mass is 195 g/mol. The van der Waals surface area contributed by atoms with Gasteiger partial charge in [0, 0.05) is 18.3 Å². The Bertz CT molecular complexity index is 297. The molecule has 1 aromatic heterocycles. The zero-order valence-electron chi connectivity index (χ0n) is 8.83. The van der Waals surface area contributed by atoms with Gasteiger partial charge in [0.25, 0.3) is 0 Å². The number of hydrazine groups is 1. The number of nitrogens with zero attached hydrogens (tertiary/aromatic N) is 2. The van der Waals surface area contributed by atoms with Crippen LogP contribution in [0, 0.1) is 12.8 Å². The fourth-order valence-electron chi connectivity index (χ4n) is 1.03. The molecule has 78 valence electrons. The van der Waals surface area contributed by atoms with Crippen molar-refractivity contribution in [1.29, 1.82) is 0 Å². The van der Waals surface area contributed by atoms with E-state index in [1.807, 2.05) is 13.0 Å². The van der Waals surface area contributed by atoms with Gasteiger partial charge in [-0.2, -0.15) is 4.98 Å². The number of nitrogens with one attached hydrogen (secondary N) is 2. The molecule has 0 radical (unpaired) electrons. The molecule has 5 nitrogen and oxygen atoms in total. The number of anilines is 2. The summed E-state index contributed by atoms with van der Waals surface area (Å²) in [6.45, 7) is 7.08. The maximum Gasteiger partial charge on any atom is 0.239 e. The second-order valence-electron chi connectivity index (χ2n) is 3.64. The van der Waals surface area contributed by atoms with E-state index in [0.29, 0.717) is 11.9 Å². The predicted molar refractivity (Wildman–Crippen MR) is 57.9 cm³/mol. The lowest BCUT2D eigenvalue weighted by molar-refractivity contribution is 0.686. The highest BCUT2D eigenvalue weighted by molar-refractivity contribution is 5.41. The van der Waals surface area contributed by atoms with Crippen molar-refractivity contribution in [3.05, 3.63) is 11.8 Å². The molecule has 0 spiro atoms. The third-order valence-corrected chi connectivity index (χ3v) is 1.67. The van der Waals surface area contributed by atoms with E-state index in [9.17, 15) is 0 Å². The summed E-state index contributed by atoms with van der Waals surface area (Å²) in [6, 6.07) is 1.89. The lowest BCUT2D eigenvalue weighted by atomic mass is 10.2. The largest absolute Gasteiger partial charge is 0.370 e. The Morgan fingerprint density at radius 3 is 2.71 bits per heavy atom. The fourth-order valence-corrected chi connectivity index (χ4v) is 1.03. The van der Waals surface area contributed by atoms with E-state index in [0.717, 1.165) is 18.1 Å². The minimum atomic E-state index is 0.441. The summed E-state index contributed by atoms with van der Waals surface area (Å²) in [5, 5.41) is 3.21. The summed E-state index contributed by atoms with van der Waals surface area (Å²) in [5.74, 6) is 7.07. The van der Waals surface area contributed by atoms with Gasteiger partial charge in [-0.25, -0.2) is 10.8 Å². The molecule has 0 fully saturated rings. The van der Waals surface area contributed by atoms with E-state index in [4.69, 9.17) is 5.84 Å². The predicted octanol–water partition coefficient (Wildman–Crippen LogP) is 1.14. The topological polar surface area (TPSA) is 75.9 Å². The minimum absolute atomic E-state index is 0.441. The number of aryl methyl sites for hydroxylation is 1. The number of nitrogen functional groups attached to an aromatic ring is 1. The minimum Gasteiger partial charge on any atom is -0.370 e. The molecule has 0 saturated carbocycles. The highest BCUT2D eigenvalue weighted by Crippen LogP contribution is 2.09. The second kappa shape index (κ2) is 4.76. The van der Waals surface area contributed by atoms with Crippen molar-refractivity contribution < 1.29 is 0 Å². The van der Waals surface area contributed by atoms with Crippen LogP contribution in [0.25, 0.3) is 0 Å². The smallest absolute Gasteiger partial charge is 0.239 e. The third-order valence-electron chi connectivity index (χ3n) is 1.67. The van der Waals surface area contributed by atoms with Gasteiger partial charge in [0.1, 0.15) is 5.82 Å². The summed E-state index contributed by atoms with van der Waals surface area (Å²) in [6.07, 6.45) is 0. The second-order valence-corrected chi connectivity index (χ2v) is 3.64. The van der Waals surface area contributed by atoms with E-state index in [1.54, 1.807) is 0 Å². The summed E-state index contributed by atoms with van der Waals surface area (Å²) in [4.78, 5) is 8.26. The molecule has 0 aliphatic rings. The van der Waals surface area contributed by atoms with Crippen LogP contribution in [-0.4, -0.2) is 16.5 Å². The average molecular weight is 195 g/mol. The molecule has 0 unspecified atom stereocenters. The van der Waals surface area contributed by atoms with Crippen LogP contribution >= 0.6 is 0 Å². The number of aromatic nitrogens is 2. The first-order chi connectivity index (χ1) is 6.61. The molecule has 1 heterocycles. The van der Waals surface area contributed by atoms with Crippen LogP contribution in [0.5, 0.6) is 0 Å². The van der Waals surface area contributed by atoms with Gasteiger partial charge in [0.2, 0.25) is 5.95 Å². The van der Waals surface area contributed by atoms with Gasteiger partial charge in [-0.05, 0) is 12.8 Å². The molecule has 0 aromatic carbocycles. The summed E-state index contributed by atoms with van der Waals surface area (Å²) >= 11 is 0. The third kappa shape index (κ3) is 3.18. The average Bonchev–Trinajstić information content (AvgIpc) is 2.14. The van der Waals surface area contributed by atoms with Gasteiger partial charge in [0.05, 0.1) is 0 Å². The Morgan fingerprint density at radius 2 is 2.14 bits per heavy atom. The molecule has 4 N–H and O–H groups in total. The Labute approximate surface area is 84.1 Å². The van der Waals surface area contributed by atoms with E-state index in [1.165, 1.54) is 0 Å². The molecule has 0 saturated heterocycles. The van der Waals surface area contributed by atoms with Crippen molar-refractivity contribution in [2.75, 3.05) is 17.3 Å². The molecule has 1 rings (SSSR count). The first kappa shape index (κ1) is 10.7. The molecular formula is C9H17N5. The summed E-state index contributed by atoms with van der Waals surface area (Å²) in [5.41, 5.74) is 3.32. The Balaban J connectivity index is 2.71. The lowest BCUT2D eigenvalue weighted by Crippen LogP contribution is -2.14. The van der Waals surface area contributed by atoms with Crippen molar-refractivity contribution >= 4 is 11.8 Å². The van der Waals surface area contributed by atoms with Crippen LogP contribution in [0.2, 0.25) is 0 Å². The molecular weight excluding hydrogens is 178 g/mol. The van der Waals surface area contributed by atoms with Crippen LogP contribution < -0.4 is 16.6 Å². The van der Waals surface area contributed by atoms with Gasteiger partial charge in [0.15, 0.2) is 0 Å². The maximum absolute atomic E-state index is 5.24. The fraction of sp³-hybridized carbons (Fsp3) is 0.556. The first-order valence-electron chi connectivity index (χ1n) is 4.68. The van der Waals surface area contributed by atoms with E-state index < -0.39 is 0 Å². The van der Waals surface area contributed by atoms with Crippen LogP contribution in [0.4, 0.5) is 11.8 Å². The van der Waals surface area contributed by atoms with E-state index in [2.05, 4.69) is 34.6 Å². The quantitative estimate of drug-likeness (QED) is 0.496. The van der Waals surface area contributed by atoms with Gasteiger partial charge < -0.3 is 5.32 Å². The molecule has 0 atom stereocenters. The summed E-state index contributed by atoms with van der Waals surface area (Å²) in [7, 11) is 0. The van der Waals surface area contributed by atoms with Gasteiger partial charge >= 0.3 is 0 Å². The molecule has 0 amide bonds. The van der Waals surface area contributed by atoms with Gasteiger partial charge in [-0.3, -0.25) is 5.43 Å². The number of rotatable bonds is 4. The van der Waals surface area contributed by atoms with E-state index in [-0.39, 0.29) is 0 Å². The van der Waals surface area contributed by atoms with Gasteiger partial charge in [-0.15, -0.1) is 0 Å². The molecule has 0 aliphatic carbocycles. The van der Waals surface area contributed by atoms with Crippen LogP contribution in [0.15, 0.2) is 6.07 Å². The highest BCUT2D eigenvalue weighted by atomic mass is 15.3. The van der Waals surface area contributed by atoms with Crippen molar-refractivity contribution in [1.82, 2.24) is 9.97 Å². The Morgan fingerprint density at radius 1 is 1.43 bits per heavy atom. The normalized spacial score (nSPS) is 10.4. The van der Waals surface area contributed by atoms with E-state index >= 15 is 0 Å². The lowest BCUT2D eigenvalue weighted by Gasteiger charge is -2.09. The Hall–Kier alpha value is -1.36. The van der Waals surface area contributed by atoms with Crippen LogP contribution in [-0.2, 0) is 0 Å². The highest BCUT2D eigenvalue weighted by Gasteiger charge is 2.00. The molecule has 0 bridgehead atoms. The molecule has 5 heteroatoms. The SMILES string of the molecule is Cc1cc(NCC(C)C)nc(NN)n1. The van der Waals surface area contributed by atoms with Crippen molar-refractivity contribution in [3.8, 4) is 0 Å².